The van der Waals surface area contributed by atoms with Gasteiger partial charge in [-0.1, -0.05) is 29.8 Å². The predicted octanol–water partition coefficient (Wildman–Crippen LogP) is 6.56. The highest BCUT2D eigenvalue weighted by molar-refractivity contribution is 7.94. The zero-order valence-electron chi connectivity index (χ0n) is 34.7. The summed E-state index contributed by atoms with van der Waals surface area (Å²) < 4.78 is 102. The monoisotopic (exact) mass is 1020 g/mol. The summed E-state index contributed by atoms with van der Waals surface area (Å²) in [6.07, 6.45) is 0. The number of fused-ring (bicyclic) bond motifs is 1. The lowest BCUT2D eigenvalue weighted by Crippen LogP contribution is -2.51. The number of carbonyl (C=O) groups excluding carboxylic acids is 1. The van der Waals surface area contributed by atoms with Gasteiger partial charge in [-0.15, -0.1) is 20.5 Å². The van der Waals surface area contributed by atoms with E-state index in [1.807, 2.05) is 6.92 Å². The molecule has 0 aliphatic heterocycles. The second kappa shape index (κ2) is 22.1. The molecule has 0 saturated carbocycles. The van der Waals surface area contributed by atoms with Crippen LogP contribution < -0.4 is 17.2 Å². The summed E-state index contributed by atoms with van der Waals surface area (Å²) in [5.41, 5.74) is 14.0. The van der Waals surface area contributed by atoms with Crippen LogP contribution in [-0.2, 0) is 53.3 Å². The lowest BCUT2D eigenvalue weighted by Gasteiger charge is -2.27. The first-order valence-corrected chi connectivity index (χ1v) is 23.9. The Morgan fingerprint density at radius 1 is 0.765 bits per heavy atom. The van der Waals surface area contributed by atoms with E-state index in [-0.39, 0.29) is 32.6 Å². The summed E-state index contributed by atoms with van der Waals surface area (Å²) in [4.78, 5) is 31.6. The average Bonchev–Trinajstić information content (AvgIpc) is 3.26. The molecule has 5 aromatic carbocycles. The fourth-order valence-electron chi connectivity index (χ4n) is 5.83. The van der Waals surface area contributed by atoms with Gasteiger partial charge in [-0.25, -0.2) is 32.0 Å². The number of carboxylic acids is 1. The van der Waals surface area contributed by atoms with Crippen molar-refractivity contribution in [1.82, 2.24) is 0 Å². The molecule has 68 heavy (non-hydrogen) atoms. The number of benzene rings is 5. The second-order valence-electron chi connectivity index (χ2n) is 14.0. The van der Waals surface area contributed by atoms with E-state index >= 15 is 0 Å². The van der Waals surface area contributed by atoms with Gasteiger partial charge in [0, 0.05) is 22.3 Å². The Bertz CT molecular complexity index is 3210. The molecule has 0 aromatic heterocycles. The van der Waals surface area contributed by atoms with Crippen LogP contribution in [0.5, 0.6) is 0 Å². The quantitative estimate of drug-likeness (QED) is 0.00692. The Morgan fingerprint density at radius 2 is 1.35 bits per heavy atom. The Labute approximate surface area is 389 Å². The molecule has 0 spiro atoms. The van der Waals surface area contributed by atoms with Crippen molar-refractivity contribution < 1.29 is 77.7 Å². The molecule has 0 heterocycles. The molecular formula is C38H37N9O17S4. The van der Waals surface area contributed by atoms with Crippen molar-refractivity contribution in [3.05, 3.63) is 95.6 Å². The summed E-state index contributed by atoms with van der Waals surface area (Å²) in [6, 6.07) is 17.7. The first-order valence-electron chi connectivity index (χ1n) is 18.7. The van der Waals surface area contributed by atoms with Crippen molar-refractivity contribution in [2.24, 2.45) is 36.4 Å². The molecule has 1 unspecified atom stereocenters. The van der Waals surface area contributed by atoms with Gasteiger partial charge in [0.1, 0.15) is 57.9 Å². The van der Waals surface area contributed by atoms with Gasteiger partial charge in [0.15, 0.2) is 9.84 Å². The van der Waals surface area contributed by atoms with Crippen molar-refractivity contribution in [2.45, 2.75) is 27.1 Å². The van der Waals surface area contributed by atoms with E-state index in [1.54, 1.807) is 24.3 Å². The van der Waals surface area contributed by atoms with Crippen molar-refractivity contribution in [3.8, 4) is 0 Å². The van der Waals surface area contributed by atoms with Crippen LogP contribution in [0.4, 0.5) is 45.5 Å². The summed E-state index contributed by atoms with van der Waals surface area (Å²) in [5, 5.41) is 52.6. The molecule has 0 saturated heterocycles. The first kappa shape index (κ1) is 52.5. The molecule has 26 nitrogen and oxygen atoms in total. The summed E-state index contributed by atoms with van der Waals surface area (Å²) in [6.45, 7) is -0.895. The number of rotatable bonds is 22. The number of sulfone groups is 1. The maximum absolute atomic E-state index is 12.9. The van der Waals surface area contributed by atoms with E-state index in [4.69, 9.17) is 36.5 Å². The van der Waals surface area contributed by atoms with Gasteiger partial charge in [-0.05, 0) is 66.9 Å². The first-order chi connectivity index (χ1) is 32.0. The topological polar surface area (TPSA) is 427 Å². The fraction of sp³-hybridized carbons (Fsp3) is 0.184. The highest BCUT2D eigenvalue weighted by Crippen LogP contribution is 2.49. The third-order valence-corrected chi connectivity index (χ3v) is 13.0. The number of anilines is 2. The van der Waals surface area contributed by atoms with Crippen molar-refractivity contribution in [2.75, 3.05) is 43.6 Å². The number of nitrogens with zero attached hydrogens (tertiary/aromatic N) is 6. The van der Waals surface area contributed by atoms with E-state index in [9.17, 15) is 44.5 Å². The molecule has 0 fully saturated rings. The van der Waals surface area contributed by atoms with Crippen molar-refractivity contribution >= 4 is 111 Å². The molecule has 11 N–H and O–H groups in total. The number of carbonyl (C=O) groups is 1. The third kappa shape index (κ3) is 13.1. The highest BCUT2D eigenvalue weighted by Gasteiger charge is 2.34. The molecule has 5 rings (SSSR count). The minimum atomic E-state index is -5.13. The molecule has 5 aromatic rings. The Kier molecular flexibility index (Phi) is 17.1. The summed E-state index contributed by atoms with van der Waals surface area (Å²) >= 11 is 0.696. The number of nitrogen functional groups attached to an aromatic ring is 2. The number of carboxylic acid groups (broad SMARTS) is 1. The molecule has 0 aliphatic rings. The van der Waals surface area contributed by atoms with Gasteiger partial charge in [0.25, 0.3) is 10.1 Å². The van der Waals surface area contributed by atoms with Crippen LogP contribution >= 0.6 is 12.0 Å². The number of hydrogen-bond donors (Lipinski definition) is 8. The smallest absolute Gasteiger partial charge is 0.397 e. The minimum absolute atomic E-state index is 0.00605. The number of aromatic carboxylic acids is 1. The van der Waals surface area contributed by atoms with Gasteiger partial charge in [0.05, 0.1) is 52.2 Å². The van der Waals surface area contributed by atoms with Crippen LogP contribution in [-0.4, -0.2) is 99.6 Å². The van der Waals surface area contributed by atoms with Gasteiger partial charge in [-0.3, -0.25) is 19.6 Å². The summed E-state index contributed by atoms with van der Waals surface area (Å²) in [7, 11) is -14.1. The number of hydrogen-bond acceptors (Lipinski definition) is 24. The van der Waals surface area contributed by atoms with Crippen LogP contribution in [0.2, 0.25) is 0 Å². The number of nitrogens with two attached hydrogens (primary N) is 3. The summed E-state index contributed by atoms with van der Waals surface area (Å²) in [5.74, 6) is -1.03. The Hall–Kier alpha value is -6.48. The van der Waals surface area contributed by atoms with Gasteiger partial charge < -0.3 is 26.5 Å². The molecule has 30 heteroatoms. The minimum Gasteiger partial charge on any atom is -0.478 e. The molecule has 0 aliphatic carbocycles. The standard InChI is InChI=1S/C38H37N9O17S4/c1-21-2-5-24(6-3-21)42-45-33-30(37(49)50)34(32(40)35(31(33)39)47-43-25-7-10-27(11-8-25)66(53,54)15-14-64-68(58,59)60)46-44-29-13-4-22-16-26(9-12-28(22)36(29)67(55,56)57)65-63-20-38(41,19-62-52)23(17-48)18-61-51/h2-13,16,51-52H,14-15,18-20,39-41H2,1H3,(H,49,50)(H,55,56,57)(H,58,59,60). The van der Waals surface area contributed by atoms with Crippen LogP contribution in [0.3, 0.4) is 0 Å². The zero-order chi connectivity index (χ0) is 50.0. The van der Waals surface area contributed by atoms with Crippen LogP contribution in [0.1, 0.15) is 15.9 Å². The second-order valence-corrected chi connectivity index (χ2v) is 19.4. The van der Waals surface area contributed by atoms with E-state index in [0.717, 1.165) is 23.8 Å². The fourth-order valence-corrected chi connectivity index (χ4v) is 8.86. The lowest BCUT2D eigenvalue weighted by atomic mass is 9.94. The third-order valence-electron chi connectivity index (χ3n) is 9.22. The molecular weight excluding hydrogens is 983 g/mol. The molecule has 0 bridgehead atoms. The molecule has 0 radical (unpaired) electrons. The van der Waals surface area contributed by atoms with Crippen molar-refractivity contribution in [1.29, 1.82) is 0 Å². The van der Waals surface area contributed by atoms with Gasteiger partial charge in [0.2, 0.25) is 0 Å². The Balaban J connectivity index is 1.57. The maximum Gasteiger partial charge on any atom is 0.397 e. The molecule has 360 valence electrons. The van der Waals surface area contributed by atoms with E-state index in [0.29, 0.717) is 16.9 Å². The van der Waals surface area contributed by atoms with E-state index in [1.165, 1.54) is 42.3 Å². The SMILES string of the molecule is Cc1ccc(N=Nc2c(N)c(N=Nc3ccc(S(=O)(=O)CCOS(=O)(=O)O)cc3)c(N)c(N=Nc3ccc4cc(SOCC(N)(COO)C(=C=O)COO)ccc4c3S(=O)(=O)O)c2C(=O)O)cc1. The largest absolute Gasteiger partial charge is 0.478 e. The maximum atomic E-state index is 12.9. The predicted molar refractivity (Wildman–Crippen MR) is 241 cm³/mol. The van der Waals surface area contributed by atoms with Gasteiger partial charge >= 0.3 is 16.4 Å². The highest BCUT2D eigenvalue weighted by atomic mass is 32.3. The van der Waals surface area contributed by atoms with E-state index < -0.39 is 119 Å². The van der Waals surface area contributed by atoms with Gasteiger partial charge in [-0.2, -0.15) is 27.1 Å². The lowest BCUT2D eigenvalue weighted by molar-refractivity contribution is -0.257. The van der Waals surface area contributed by atoms with E-state index in [2.05, 4.69) is 44.6 Å². The number of azo groups is 3. The van der Waals surface area contributed by atoms with Crippen LogP contribution in [0, 0.1) is 6.92 Å². The van der Waals surface area contributed by atoms with Crippen LogP contribution in [0.15, 0.2) is 130 Å². The zero-order valence-corrected chi connectivity index (χ0v) is 38.0. The molecule has 0 amide bonds. The average molecular weight is 1020 g/mol. The number of aryl methyl sites for hydroxylation is 1. The Morgan fingerprint density at radius 3 is 1.90 bits per heavy atom. The normalized spacial score (nSPS) is 13.4. The van der Waals surface area contributed by atoms with Crippen LogP contribution in [0.25, 0.3) is 10.8 Å². The molecule has 1 atom stereocenters. The van der Waals surface area contributed by atoms with Crippen molar-refractivity contribution in [3.63, 3.8) is 0 Å².